The van der Waals surface area contributed by atoms with Gasteiger partial charge in [0.1, 0.15) is 16.2 Å². The predicted molar refractivity (Wildman–Crippen MR) is 133 cm³/mol. The molecule has 0 aliphatic heterocycles. The van der Waals surface area contributed by atoms with E-state index in [0.29, 0.717) is 28.7 Å². The first-order valence-corrected chi connectivity index (χ1v) is 11.6. The minimum Gasteiger partial charge on any atom is -0.378 e. The number of hydrogen-bond acceptors (Lipinski definition) is 7. The summed E-state index contributed by atoms with van der Waals surface area (Å²) in [5, 5.41) is 3.01. The second-order valence-corrected chi connectivity index (χ2v) is 9.95. The van der Waals surface area contributed by atoms with Crippen molar-refractivity contribution in [1.29, 1.82) is 0 Å². The number of carbonyl (C=O) groups is 1. The zero-order valence-corrected chi connectivity index (χ0v) is 20.9. The number of nitrogens with one attached hydrogen (secondary N) is 1. The summed E-state index contributed by atoms with van der Waals surface area (Å²) in [6.45, 7) is 7.87. The Bertz CT molecular complexity index is 1290. The van der Waals surface area contributed by atoms with Crippen molar-refractivity contribution in [2.75, 3.05) is 24.3 Å². The molecule has 0 aliphatic carbocycles. The molecule has 33 heavy (non-hydrogen) atoms. The normalized spacial score (nSPS) is 12.2. The molecule has 0 bridgehead atoms. The van der Waals surface area contributed by atoms with Crippen molar-refractivity contribution in [3.8, 4) is 0 Å². The van der Waals surface area contributed by atoms with Gasteiger partial charge >= 0.3 is 5.69 Å². The molecule has 3 aromatic rings. The maximum absolute atomic E-state index is 13.0. The van der Waals surface area contributed by atoms with Crippen LogP contribution in [0, 0.1) is 12.8 Å². The van der Waals surface area contributed by atoms with Crippen LogP contribution in [0.15, 0.2) is 38.9 Å². The standard InChI is InChI=1S/C23H30N6O3S/c1-13(2)12-29-19-18(22(31)28(7)23(29)32)21(25-15(4)24-19)33-14(3)20(30)26-16-8-10-17(11-9-16)27(5)6/h8-11,13-14H,12H2,1-7H3,(H,26,30). The van der Waals surface area contributed by atoms with Crippen LogP contribution in [0.5, 0.6) is 0 Å². The smallest absolute Gasteiger partial charge is 0.332 e. The first kappa shape index (κ1) is 24.5. The quantitative estimate of drug-likeness (QED) is 0.418. The Kier molecular flexibility index (Phi) is 7.26. The van der Waals surface area contributed by atoms with Crippen LogP contribution in [0.2, 0.25) is 0 Å². The maximum atomic E-state index is 13.0. The van der Waals surface area contributed by atoms with E-state index in [2.05, 4.69) is 15.3 Å². The van der Waals surface area contributed by atoms with Crippen LogP contribution >= 0.6 is 11.8 Å². The molecule has 1 N–H and O–H groups in total. The number of benzene rings is 1. The fraction of sp³-hybridized carbons (Fsp3) is 0.435. The highest BCUT2D eigenvalue weighted by Crippen LogP contribution is 2.27. The maximum Gasteiger partial charge on any atom is 0.332 e. The van der Waals surface area contributed by atoms with E-state index in [1.165, 1.54) is 23.4 Å². The van der Waals surface area contributed by atoms with Crippen LogP contribution in [0.3, 0.4) is 0 Å². The molecule has 1 atom stereocenters. The number of hydrogen-bond donors (Lipinski definition) is 1. The van der Waals surface area contributed by atoms with Crippen molar-refractivity contribution in [3.63, 3.8) is 0 Å². The van der Waals surface area contributed by atoms with Crippen molar-refractivity contribution in [2.24, 2.45) is 13.0 Å². The lowest BCUT2D eigenvalue weighted by Gasteiger charge is -2.17. The Morgan fingerprint density at radius 2 is 1.76 bits per heavy atom. The van der Waals surface area contributed by atoms with E-state index in [4.69, 9.17) is 0 Å². The van der Waals surface area contributed by atoms with Gasteiger partial charge in [-0.15, -0.1) is 0 Å². The van der Waals surface area contributed by atoms with Crippen molar-refractivity contribution in [1.82, 2.24) is 19.1 Å². The van der Waals surface area contributed by atoms with Crippen LogP contribution in [0.1, 0.15) is 26.6 Å². The molecule has 1 aromatic carbocycles. The Morgan fingerprint density at radius 1 is 1.12 bits per heavy atom. The second-order valence-electron chi connectivity index (χ2n) is 8.62. The van der Waals surface area contributed by atoms with Crippen molar-refractivity contribution in [2.45, 2.75) is 44.5 Å². The molecule has 0 saturated heterocycles. The average molecular weight is 471 g/mol. The molecule has 0 fully saturated rings. The minimum atomic E-state index is -0.536. The molecule has 0 saturated carbocycles. The van der Waals surface area contributed by atoms with E-state index in [-0.39, 0.29) is 17.2 Å². The number of anilines is 2. The highest BCUT2D eigenvalue weighted by molar-refractivity contribution is 8.00. The van der Waals surface area contributed by atoms with Gasteiger partial charge in [0.25, 0.3) is 5.56 Å². The number of aromatic nitrogens is 4. The molecule has 9 nitrogen and oxygen atoms in total. The fourth-order valence-electron chi connectivity index (χ4n) is 3.36. The molecule has 3 rings (SSSR count). The zero-order chi connectivity index (χ0) is 24.4. The van der Waals surface area contributed by atoms with E-state index >= 15 is 0 Å². The number of thioether (sulfide) groups is 1. The van der Waals surface area contributed by atoms with Crippen LogP contribution in [0.4, 0.5) is 11.4 Å². The van der Waals surface area contributed by atoms with Gasteiger partial charge in [-0.2, -0.15) is 0 Å². The van der Waals surface area contributed by atoms with E-state index in [1.807, 2.05) is 57.1 Å². The summed E-state index contributed by atoms with van der Waals surface area (Å²) in [7, 11) is 5.35. The van der Waals surface area contributed by atoms with Gasteiger partial charge in [-0.25, -0.2) is 14.8 Å². The molecular formula is C23H30N6O3S. The summed E-state index contributed by atoms with van der Waals surface area (Å²) in [5.74, 6) is 0.398. The first-order chi connectivity index (χ1) is 15.5. The molecule has 10 heteroatoms. The van der Waals surface area contributed by atoms with Crippen LogP contribution in [-0.2, 0) is 18.4 Å². The van der Waals surface area contributed by atoms with Crippen LogP contribution in [0.25, 0.3) is 11.0 Å². The zero-order valence-electron chi connectivity index (χ0n) is 20.0. The number of rotatable bonds is 7. The molecular weight excluding hydrogens is 440 g/mol. The molecule has 2 aromatic heterocycles. The van der Waals surface area contributed by atoms with Gasteiger partial charge in [0.2, 0.25) is 5.91 Å². The van der Waals surface area contributed by atoms with Crippen LogP contribution < -0.4 is 21.5 Å². The fourth-order valence-corrected chi connectivity index (χ4v) is 4.35. The predicted octanol–water partition coefficient (Wildman–Crippen LogP) is 2.64. The lowest BCUT2D eigenvalue weighted by atomic mass is 10.2. The van der Waals surface area contributed by atoms with E-state index in [9.17, 15) is 14.4 Å². The summed E-state index contributed by atoms with van der Waals surface area (Å²) < 4.78 is 2.59. The largest absolute Gasteiger partial charge is 0.378 e. The molecule has 0 radical (unpaired) electrons. The summed E-state index contributed by atoms with van der Waals surface area (Å²) >= 11 is 1.18. The minimum absolute atomic E-state index is 0.179. The second kappa shape index (κ2) is 9.78. The van der Waals surface area contributed by atoms with Gasteiger partial charge in [-0.3, -0.25) is 18.7 Å². The molecule has 176 valence electrons. The van der Waals surface area contributed by atoms with Crippen molar-refractivity contribution < 1.29 is 4.79 Å². The van der Waals surface area contributed by atoms with Crippen molar-refractivity contribution in [3.05, 3.63) is 50.9 Å². The van der Waals surface area contributed by atoms with Gasteiger partial charge in [0.05, 0.1) is 5.25 Å². The number of aryl methyl sites for hydroxylation is 1. The number of nitrogens with zero attached hydrogens (tertiary/aromatic N) is 5. The molecule has 2 heterocycles. The van der Waals surface area contributed by atoms with Gasteiger partial charge in [-0.05, 0) is 44.0 Å². The van der Waals surface area contributed by atoms with E-state index < -0.39 is 16.5 Å². The molecule has 1 amide bonds. The number of amides is 1. The lowest BCUT2D eigenvalue weighted by Crippen LogP contribution is -2.39. The Hall–Kier alpha value is -3.14. The van der Waals surface area contributed by atoms with Gasteiger partial charge in [0, 0.05) is 39.1 Å². The van der Waals surface area contributed by atoms with Crippen LogP contribution in [-0.4, -0.2) is 44.4 Å². The average Bonchev–Trinajstić information content (AvgIpc) is 2.75. The third kappa shape index (κ3) is 5.27. The highest BCUT2D eigenvalue weighted by atomic mass is 32.2. The van der Waals surface area contributed by atoms with Gasteiger partial charge in [0.15, 0.2) is 5.65 Å². The summed E-state index contributed by atoms with van der Waals surface area (Å²) in [4.78, 5) is 49.4. The highest BCUT2D eigenvalue weighted by Gasteiger charge is 2.22. The molecule has 0 aliphatic rings. The first-order valence-electron chi connectivity index (χ1n) is 10.7. The van der Waals surface area contributed by atoms with E-state index in [1.54, 1.807) is 13.8 Å². The Balaban J connectivity index is 1.96. The van der Waals surface area contributed by atoms with E-state index in [0.717, 1.165) is 10.3 Å². The van der Waals surface area contributed by atoms with Crippen molar-refractivity contribution >= 4 is 40.1 Å². The monoisotopic (exact) mass is 470 g/mol. The third-order valence-electron chi connectivity index (χ3n) is 5.12. The summed E-state index contributed by atoms with van der Waals surface area (Å²) in [5.41, 5.74) is 1.13. The Labute approximate surface area is 196 Å². The Morgan fingerprint density at radius 3 is 2.33 bits per heavy atom. The SMILES string of the molecule is Cc1nc(SC(C)C(=O)Nc2ccc(N(C)C)cc2)c2c(=O)n(C)c(=O)n(CC(C)C)c2n1. The van der Waals surface area contributed by atoms with Gasteiger partial charge in [-0.1, -0.05) is 25.6 Å². The molecule has 0 spiro atoms. The molecule has 1 unspecified atom stereocenters. The lowest BCUT2D eigenvalue weighted by molar-refractivity contribution is -0.115. The summed E-state index contributed by atoms with van der Waals surface area (Å²) in [6, 6.07) is 7.53. The number of carbonyl (C=O) groups excluding carboxylic acids is 1. The topological polar surface area (TPSA) is 102 Å². The third-order valence-corrected chi connectivity index (χ3v) is 6.20. The summed E-state index contributed by atoms with van der Waals surface area (Å²) in [6.07, 6.45) is 0. The van der Waals surface area contributed by atoms with Gasteiger partial charge < -0.3 is 10.2 Å². The number of fused-ring (bicyclic) bond motifs is 1.